The summed E-state index contributed by atoms with van der Waals surface area (Å²) in [5.74, 6) is 0.289. The normalized spacial score (nSPS) is 11.4. The molecule has 0 unspecified atom stereocenters. The third-order valence-corrected chi connectivity index (χ3v) is 4.71. The first-order chi connectivity index (χ1) is 13.9. The van der Waals surface area contributed by atoms with Gasteiger partial charge in [-0.2, -0.15) is 10.1 Å². The SMILES string of the molecule is Cc1ccc(/C=N/Nc2nc3c(c(=O)[nH]c(=O)n3C)n2-c2ccc(Cl)cc2)cc1. The van der Waals surface area contributed by atoms with Gasteiger partial charge in [-0.15, -0.1) is 0 Å². The topological polar surface area (TPSA) is 97.1 Å². The van der Waals surface area contributed by atoms with Crippen LogP contribution in [0.1, 0.15) is 11.1 Å². The van der Waals surface area contributed by atoms with Crippen molar-refractivity contribution in [3.8, 4) is 5.69 Å². The van der Waals surface area contributed by atoms with E-state index in [0.717, 1.165) is 11.1 Å². The molecule has 2 N–H and O–H groups in total. The van der Waals surface area contributed by atoms with Crippen molar-refractivity contribution in [2.24, 2.45) is 12.1 Å². The van der Waals surface area contributed by atoms with Crippen LogP contribution in [0.2, 0.25) is 5.02 Å². The summed E-state index contributed by atoms with van der Waals surface area (Å²) in [6, 6.07) is 14.8. The molecule has 0 atom stereocenters. The van der Waals surface area contributed by atoms with Crippen LogP contribution in [-0.2, 0) is 7.05 Å². The fourth-order valence-corrected chi connectivity index (χ4v) is 3.04. The van der Waals surface area contributed by atoms with Crippen molar-refractivity contribution in [2.75, 3.05) is 5.43 Å². The van der Waals surface area contributed by atoms with Crippen molar-refractivity contribution < 1.29 is 0 Å². The number of anilines is 1. The summed E-state index contributed by atoms with van der Waals surface area (Å²) in [6.45, 7) is 2.01. The molecule has 0 saturated carbocycles. The molecule has 0 amide bonds. The Morgan fingerprint density at radius 1 is 1.10 bits per heavy atom. The third-order valence-electron chi connectivity index (χ3n) is 4.46. The minimum Gasteiger partial charge on any atom is -0.279 e. The summed E-state index contributed by atoms with van der Waals surface area (Å²) < 4.78 is 2.87. The van der Waals surface area contributed by atoms with Crippen LogP contribution in [0, 0.1) is 6.92 Å². The number of fused-ring (bicyclic) bond motifs is 1. The predicted molar refractivity (Wildman–Crippen MR) is 114 cm³/mol. The van der Waals surface area contributed by atoms with Crippen molar-refractivity contribution in [3.05, 3.63) is 85.5 Å². The Hall–Kier alpha value is -3.65. The Bertz CT molecular complexity index is 1330. The molecular formula is C20H17ClN6O2. The van der Waals surface area contributed by atoms with Gasteiger partial charge in [0.1, 0.15) is 0 Å². The fraction of sp³-hybridized carbons (Fsp3) is 0.100. The second-order valence-corrected chi connectivity index (χ2v) is 6.95. The van der Waals surface area contributed by atoms with Gasteiger partial charge >= 0.3 is 5.69 Å². The number of nitrogens with zero attached hydrogens (tertiary/aromatic N) is 4. The van der Waals surface area contributed by atoms with Gasteiger partial charge in [0.25, 0.3) is 5.56 Å². The summed E-state index contributed by atoms with van der Waals surface area (Å²) in [5, 5.41) is 4.80. The Morgan fingerprint density at radius 2 is 1.79 bits per heavy atom. The molecule has 8 nitrogen and oxygen atoms in total. The van der Waals surface area contributed by atoms with E-state index in [-0.39, 0.29) is 17.1 Å². The molecule has 0 spiro atoms. The molecule has 0 aliphatic rings. The second-order valence-electron chi connectivity index (χ2n) is 6.52. The molecule has 0 radical (unpaired) electrons. The summed E-state index contributed by atoms with van der Waals surface area (Å²) in [7, 11) is 1.54. The molecule has 9 heteroatoms. The predicted octanol–water partition coefficient (Wildman–Crippen LogP) is 2.82. The van der Waals surface area contributed by atoms with Crippen LogP contribution in [0.3, 0.4) is 0 Å². The highest BCUT2D eigenvalue weighted by Gasteiger charge is 2.18. The first-order valence-corrected chi connectivity index (χ1v) is 9.15. The number of rotatable bonds is 4. The maximum atomic E-state index is 12.5. The highest BCUT2D eigenvalue weighted by Crippen LogP contribution is 2.23. The van der Waals surface area contributed by atoms with Gasteiger partial charge < -0.3 is 0 Å². The van der Waals surface area contributed by atoms with Gasteiger partial charge in [-0.1, -0.05) is 41.4 Å². The number of aromatic amines is 1. The Labute approximate surface area is 170 Å². The van der Waals surface area contributed by atoms with Crippen LogP contribution >= 0.6 is 11.6 Å². The number of imidazole rings is 1. The van der Waals surface area contributed by atoms with Crippen molar-refractivity contribution in [1.29, 1.82) is 0 Å². The Morgan fingerprint density at radius 3 is 2.48 bits per heavy atom. The molecule has 2 heterocycles. The lowest BCUT2D eigenvalue weighted by molar-refractivity contribution is 0.831. The molecule has 0 bridgehead atoms. The van der Waals surface area contributed by atoms with Gasteiger partial charge in [-0.25, -0.2) is 10.2 Å². The number of aromatic nitrogens is 4. The molecule has 2 aromatic carbocycles. The second kappa shape index (κ2) is 7.40. The van der Waals surface area contributed by atoms with Crippen LogP contribution in [0.15, 0.2) is 63.2 Å². The molecule has 146 valence electrons. The number of hydrazone groups is 1. The Balaban J connectivity index is 1.85. The lowest BCUT2D eigenvalue weighted by Crippen LogP contribution is -2.29. The lowest BCUT2D eigenvalue weighted by atomic mass is 10.2. The standard InChI is InChI=1S/C20H17ClN6O2/c1-12-3-5-13(6-4-12)11-22-25-19-23-17-16(18(28)24-20(29)26(17)2)27(19)15-9-7-14(21)8-10-15/h3-11H,1-2H3,(H,23,25)(H,24,28,29)/b22-11+. The van der Waals surface area contributed by atoms with E-state index in [0.29, 0.717) is 10.7 Å². The maximum Gasteiger partial charge on any atom is 0.329 e. The Kier molecular flexibility index (Phi) is 4.77. The molecule has 0 fully saturated rings. The number of H-pyrrole nitrogens is 1. The summed E-state index contributed by atoms with van der Waals surface area (Å²) in [4.78, 5) is 31.2. The number of hydrogen-bond acceptors (Lipinski definition) is 5. The van der Waals surface area contributed by atoms with Crippen molar-refractivity contribution in [1.82, 2.24) is 19.1 Å². The number of nitrogens with one attached hydrogen (secondary N) is 2. The van der Waals surface area contributed by atoms with Gasteiger partial charge in [0.15, 0.2) is 11.2 Å². The average Bonchev–Trinajstić information content (AvgIpc) is 3.08. The highest BCUT2D eigenvalue weighted by atomic mass is 35.5. The van der Waals surface area contributed by atoms with Crippen LogP contribution < -0.4 is 16.7 Å². The van der Waals surface area contributed by atoms with E-state index < -0.39 is 11.2 Å². The molecule has 0 aliphatic carbocycles. The minimum atomic E-state index is -0.544. The van der Waals surface area contributed by atoms with Crippen LogP contribution in [-0.4, -0.2) is 25.3 Å². The smallest absolute Gasteiger partial charge is 0.279 e. The van der Waals surface area contributed by atoms with Crippen LogP contribution in [0.4, 0.5) is 5.95 Å². The molecule has 4 rings (SSSR count). The summed E-state index contributed by atoms with van der Waals surface area (Å²) in [6.07, 6.45) is 1.65. The largest absolute Gasteiger partial charge is 0.329 e. The third kappa shape index (κ3) is 3.57. The molecule has 0 aliphatic heterocycles. The van der Waals surface area contributed by atoms with Gasteiger partial charge in [0.2, 0.25) is 5.95 Å². The average molecular weight is 409 g/mol. The molecular weight excluding hydrogens is 392 g/mol. The highest BCUT2D eigenvalue weighted by molar-refractivity contribution is 6.30. The van der Waals surface area contributed by atoms with Gasteiger partial charge in [0, 0.05) is 17.8 Å². The maximum absolute atomic E-state index is 12.5. The monoisotopic (exact) mass is 408 g/mol. The van der Waals surface area contributed by atoms with Crippen molar-refractivity contribution in [3.63, 3.8) is 0 Å². The molecule has 2 aromatic heterocycles. The quantitative estimate of drug-likeness (QED) is 0.401. The lowest BCUT2D eigenvalue weighted by Gasteiger charge is -2.08. The molecule has 0 saturated heterocycles. The van der Waals surface area contributed by atoms with E-state index in [9.17, 15) is 9.59 Å². The van der Waals surface area contributed by atoms with Crippen LogP contribution in [0.5, 0.6) is 0 Å². The van der Waals surface area contributed by atoms with Crippen LogP contribution in [0.25, 0.3) is 16.9 Å². The zero-order valence-corrected chi connectivity index (χ0v) is 16.4. The molecule has 29 heavy (non-hydrogen) atoms. The van der Waals surface area contributed by atoms with Crippen molar-refractivity contribution in [2.45, 2.75) is 6.92 Å². The number of aryl methyl sites for hydroxylation is 2. The van der Waals surface area contributed by atoms with Gasteiger partial charge in [-0.3, -0.25) is 18.9 Å². The zero-order chi connectivity index (χ0) is 20.5. The van der Waals surface area contributed by atoms with Gasteiger partial charge in [-0.05, 0) is 36.8 Å². The van der Waals surface area contributed by atoms with E-state index in [4.69, 9.17) is 11.6 Å². The van der Waals surface area contributed by atoms with E-state index in [1.165, 1.54) is 4.57 Å². The fourth-order valence-electron chi connectivity index (χ4n) is 2.92. The van der Waals surface area contributed by atoms with E-state index in [1.54, 1.807) is 42.1 Å². The first kappa shape index (κ1) is 18.7. The summed E-state index contributed by atoms with van der Waals surface area (Å²) in [5.41, 5.74) is 4.96. The minimum absolute atomic E-state index is 0.224. The number of benzene rings is 2. The number of halogens is 1. The number of hydrogen-bond donors (Lipinski definition) is 2. The van der Waals surface area contributed by atoms with Gasteiger partial charge in [0.05, 0.1) is 6.21 Å². The molecule has 4 aromatic rings. The van der Waals surface area contributed by atoms with Crippen molar-refractivity contribution >= 4 is 34.9 Å². The zero-order valence-electron chi connectivity index (χ0n) is 15.7. The first-order valence-electron chi connectivity index (χ1n) is 8.77. The summed E-state index contributed by atoms with van der Waals surface area (Å²) >= 11 is 5.99. The van der Waals surface area contributed by atoms with E-state index in [2.05, 4.69) is 20.5 Å². The van der Waals surface area contributed by atoms with E-state index >= 15 is 0 Å². The van der Waals surface area contributed by atoms with E-state index in [1.807, 2.05) is 31.2 Å².